The van der Waals surface area contributed by atoms with E-state index in [0.29, 0.717) is 23.6 Å². The second kappa shape index (κ2) is 11.3. The average Bonchev–Trinajstić information content (AvgIpc) is 3.15. The van der Waals surface area contributed by atoms with Crippen LogP contribution in [0, 0.1) is 5.82 Å². The molecule has 2 atom stereocenters. The van der Waals surface area contributed by atoms with Crippen LogP contribution >= 0.6 is 11.3 Å². The summed E-state index contributed by atoms with van der Waals surface area (Å²) in [6.07, 6.45) is 2.84. The zero-order chi connectivity index (χ0) is 24.9. The van der Waals surface area contributed by atoms with Crippen molar-refractivity contribution in [3.05, 3.63) is 42.2 Å². The van der Waals surface area contributed by atoms with E-state index in [1.54, 1.807) is 24.3 Å². The first-order valence-corrected chi connectivity index (χ1v) is 13.8. The highest BCUT2D eigenvalue weighted by Gasteiger charge is 2.24. The molecule has 190 valence electrons. The zero-order valence-electron chi connectivity index (χ0n) is 20.3. The quantitative estimate of drug-likeness (QED) is 0.307. The lowest BCUT2D eigenvalue weighted by atomic mass is 9.99. The van der Waals surface area contributed by atoms with Crippen molar-refractivity contribution in [3.63, 3.8) is 0 Å². The molecular formula is C24H37FN4O3S2. The third kappa shape index (κ3) is 6.17. The van der Waals surface area contributed by atoms with E-state index in [9.17, 15) is 12.8 Å². The molecule has 0 aliphatic carbocycles. The Morgan fingerprint density at radius 1 is 1.18 bits per heavy atom. The molecule has 10 heteroatoms. The summed E-state index contributed by atoms with van der Waals surface area (Å²) >= 11 is 1.17. The summed E-state index contributed by atoms with van der Waals surface area (Å²) in [6, 6.07) is 9.88. The van der Waals surface area contributed by atoms with Gasteiger partial charge in [0.05, 0.1) is 16.8 Å². The number of nitrogens with one attached hydrogen (secondary N) is 2. The summed E-state index contributed by atoms with van der Waals surface area (Å²) in [5.74, 6) is -0.131. The molecule has 2 aromatic carbocycles. The predicted octanol–water partition coefficient (Wildman–Crippen LogP) is 6.05. The first kappa shape index (κ1) is 26.2. The van der Waals surface area contributed by atoms with Crippen molar-refractivity contribution < 1.29 is 20.4 Å². The largest absolute Gasteiger partial charge is 0.494 e. The van der Waals surface area contributed by atoms with Gasteiger partial charge in [-0.2, -0.15) is 0 Å². The fourth-order valence-electron chi connectivity index (χ4n) is 4.08. The van der Waals surface area contributed by atoms with Crippen LogP contribution in [0.2, 0.25) is 0 Å². The molecule has 0 aliphatic rings. The number of hydrogen-bond acceptors (Lipinski definition) is 7. The second-order valence-corrected chi connectivity index (χ2v) is 11.0. The van der Waals surface area contributed by atoms with Gasteiger partial charge < -0.3 is 15.0 Å². The van der Waals surface area contributed by atoms with E-state index in [1.165, 1.54) is 23.5 Å². The van der Waals surface area contributed by atoms with Crippen LogP contribution in [0.15, 0.2) is 41.3 Å². The number of halogens is 1. The number of benzene rings is 2. The van der Waals surface area contributed by atoms with Crippen LogP contribution in [0.25, 0.3) is 10.2 Å². The summed E-state index contributed by atoms with van der Waals surface area (Å²) < 4.78 is 49.5. The van der Waals surface area contributed by atoms with Gasteiger partial charge in [-0.25, -0.2) is 17.8 Å². The van der Waals surface area contributed by atoms with Crippen LogP contribution < -0.4 is 14.8 Å². The molecule has 3 aromatic rings. The first-order chi connectivity index (χ1) is 16.2. The molecule has 0 spiro atoms. The molecule has 3 rings (SSSR count). The van der Waals surface area contributed by atoms with Gasteiger partial charge in [-0.3, -0.25) is 4.72 Å². The Morgan fingerprint density at radius 3 is 2.56 bits per heavy atom. The Labute approximate surface area is 208 Å². The molecular weight excluding hydrogens is 475 g/mol. The standard InChI is InChI=1S/C24H33FN4O3S2.2H2/c1-6-9-19(21(7-2)29(4)5)26-16-10-13-23(18(25)14-16)34(30,31)28-24-27-20-12-11-17(32-8-3)15-22(20)33-24;;/h10-15,19,21,26H,6-9H2,1-5H3,(H,27,28);2*1H/t19-,21-;;/m0../s1. The molecule has 2 N–H and O–H groups in total. The number of sulfonamides is 1. The molecule has 0 radical (unpaired) electrons. The van der Waals surface area contributed by atoms with E-state index in [1.807, 2.05) is 21.0 Å². The van der Waals surface area contributed by atoms with Crippen molar-refractivity contribution in [1.82, 2.24) is 9.88 Å². The topological polar surface area (TPSA) is 83.6 Å². The Hall–Kier alpha value is -2.43. The fraction of sp³-hybridized carbons (Fsp3) is 0.458. The van der Waals surface area contributed by atoms with Crippen LogP contribution in [0.1, 0.15) is 42.9 Å². The summed E-state index contributed by atoms with van der Waals surface area (Å²) in [5, 5.41) is 3.57. The number of fused-ring (bicyclic) bond motifs is 1. The number of likely N-dealkylation sites (N-methyl/N-ethyl adjacent to an activating group) is 1. The molecule has 7 nitrogen and oxygen atoms in total. The third-order valence-corrected chi connectivity index (χ3v) is 8.05. The van der Waals surface area contributed by atoms with E-state index < -0.39 is 20.7 Å². The van der Waals surface area contributed by atoms with E-state index in [0.717, 1.165) is 24.0 Å². The van der Waals surface area contributed by atoms with E-state index in [2.05, 4.69) is 33.8 Å². The Balaban J connectivity index is 0.00000324. The van der Waals surface area contributed by atoms with Gasteiger partial charge in [-0.05, 0) is 70.3 Å². The van der Waals surface area contributed by atoms with Crippen molar-refractivity contribution in [3.8, 4) is 5.75 Å². The van der Waals surface area contributed by atoms with Crippen molar-refractivity contribution in [2.24, 2.45) is 0 Å². The smallest absolute Gasteiger partial charge is 0.266 e. The number of anilines is 2. The number of rotatable bonds is 12. The summed E-state index contributed by atoms with van der Waals surface area (Å²) in [4.78, 5) is 6.05. The highest BCUT2D eigenvalue weighted by atomic mass is 32.2. The van der Waals surface area contributed by atoms with Crippen LogP contribution in [0.5, 0.6) is 5.75 Å². The molecule has 0 bridgehead atoms. The maximum Gasteiger partial charge on any atom is 0.266 e. The maximum atomic E-state index is 15.0. The summed E-state index contributed by atoms with van der Waals surface area (Å²) in [7, 11) is -0.0904. The van der Waals surface area contributed by atoms with Crippen LogP contribution in [0.3, 0.4) is 0 Å². The Bertz CT molecular complexity index is 1230. The van der Waals surface area contributed by atoms with Crippen LogP contribution in [-0.4, -0.2) is 51.1 Å². The van der Waals surface area contributed by atoms with E-state index in [-0.39, 0.29) is 20.1 Å². The van der Waals surface area contributed by atoms with Gasteiger partial charge in [0.2, 0.25) is 0 Å². The van der Waals surface area contributed by atoms with Gasteiger partial charge in [-0.15, -0.1) is 0 Å². The molecule has 1 heterocycles. The molecule has 1 aromatic heterocycles. The Kier molecular flexibility index (Phi) is 8.72. The van der Waals surface area contributed by atoms with Crippen LogP contribution in [0.4, 0.5) is 15.2 Å². The summed E-state index contributed by atoms with van der Waals surface area (Å²) in [5.41, 5.74) is 1.19. The van der Waals surface area contributed by atoms with Crippen molar-refractivity contribution in [2.45, 2.75) is 57.0 Å². The number of ether oxygens (including phenoxy) is 1. The minimum absolute atomic E-state index is 0. The van der Waals surface area contributed by atoms with Crippen molar-refractivity contribution in [2.75, 3.05) is 30.7 Å². The minimum Gasteiger partial charge on any atom is -0.494 e. The van der Waals surface area contributed by atoms with Gasteiger partial charge in [0.25, 0.3) is 10.0 Å². The zero-order valence-corrected chi connectivity index (χ0v) is 21.9. The van der Waals surface area contributed by atoms with Gasteiger partial charge in [0.15, 0.2) is 5.13 Å². The number of hydrogen-bond donors (Lipinski definition) is 2. The molecule has 0 amide bonds. The molecule has 0 aliphatic heterocycles. The highest BCUT2D eigenvalue weighted by Crippen LogP contribution is 2.31. The van der Waals surface area contributed by atoms with Gasteiger partial charge in [0, 0.05) is 20.6 Å². The van der Waals surface area contributed by atoms with E-state index in [4.69, 9.17) is 4.74 Å². The van der Waals surface area contributed by atoms with Crippen molar-refractivity contribution in [1.29, 1.82) is 0 Å². The lowest BCUT2D eigenvalue weighted by Gasteiger charge is -2.33. The van der Waals surface area contributed by atoms with Gasteiger partial charge >= 0.3 is 0 Å². The first-order valence-electron chi connectivity index (χ1n) is 11.5. The predicted molar refractivity (Wildman–Crippen MR) is 142 cm³/mol. The molecule has 0 fully saturated rings. The van der Waals surface area contributed by atoms with Gasteiger partial charge in [0.1, 0.15) is 16.5 Å². The number of aromatic nitrogens is 1. The molecule has 0 saturated heterocycles. The van der Waals surface area contributed by atoms with Gasteiger partial charge in [-0.1, -0.05) is 31.6 Å². The normalized spacial score (nSPS) is 13.7. The molecule has 34 heavy (non-hydrogen) atoms. The maximum absolute atomic E-state index is 15.0. The molecule has 0 saturated carbocycles. The second-order valence-electron chi connectivity index (χ2n) is 8.31. The van der Waals surface area contributed by atoms with Crippen molar-refractivity contribution >= 4 is 42.4 Å². The number of thiazole rings is 1. The summed E-state index contributed by atoms with van der Waals surface area (Å²) in [6.45, 7) is 6.65. The Morgan fingerprint density at radius 2 is 1.94 bits per heavy atom. The minimum atomic E-state index is -4.15. The monoisotopic (exact) mass is 512 g/mol. The highest BCUT2D eigenvalue weighted by molar-refractivity contribution is 7.93. The lowest BCUT2D eigenvalue weighted by Crippen LogP contribution is -2.43. The average molecular weight is 513 g/mol. The number of nitrogens with zero attached hydrogens (tertiary/aromatic N) is 2. The fourth-order valence-corrected chi connectivity index (χ4v) is 6.27. The third-order valence-electron chi connectivity index (χ3n) is 5.61. The lowest BCUT2D eigenvalue weighted by molar-refractivity contribution is 0.248. The van der Waals surface area contributed by atoms with Crippen LogP contribution in [-0.2, 0) is 10.0 Å². The van der Waals surface area contributed by atoms with E-state index >= 15 is 0 Å². The SMILES string of the molecule is CCC[C@H](Nc1ccc(S(=O)(=O)Nc2nc3ccc(OCC)cc3s2)c(F)c1)[C@H](CC)N(C)C.[HH].[HH]. The molecule has 0 unspecified atom stereocenters.